The fourth-order valence-electron chi connectivity index (χ4n) is 1.90. The molecule has 0 saturated heterocycles. The molecule has 19 heavy (non-hydrogen) atoms. The number of carbonyl (C=O) groups excluding carboxylic acids is 3. The zero-order valence-corrected chi connectivity index (χ0v) is 12.1. The van der Waals surface area contributed by atoms with E-state index in [2.05, 4.69) is 9.47 Å². The molecule has 0 aliphatic carbocycles. The second-order valence-corrected chi connectivity index (χ2v) is 4.93. The Labute approximate surface area is 113 Å². The fourth-order valence-corrected chi connectivity index (χ4v) is 1.90. The summed E-state index contributed by atoms with van der Waals surface area (Å²) in [5.41, 5.74) is -0.659. The third kappa shape index (κ3) is 5.72. The van der Waals surface area contributed by atoms with Crippen molar-refractivity contribution in [1.29, 1.82) is 0 Å². The lowest BCUT2D eigenvalue weighted by Gasteiger charge is -2.31. The molecule has 1 atom stereocenters. The van der Waals surface area contributed by atoms with Gasteiger partial charge in [0.25, 0.3) is 0 Å². The van der Waals surface area contributed by atoms with E-state index in [1.54, 1.807) is 13.8 Å². The van der Waals surface area contributed by atoms with Gasteiger partial charge in [-0.2, -0.15) is 0 Å². The van der Waals surface area contributed by atoms with E-state index >= 15 is 0 Å². The van der Waals surface area contributed by atoms with Crippen molar-refractivity contribution in [3.8, 4) is 0 Å². The van der Waals surface area contributed by atoms with Crippen molar-refractivity contribution in [3.63, 3.8) is 0 Å². The molecule has 0 saturated carbocycles. The summed E-state index contributed by atoms with van der Waals surface area (Å²) in [5, 5.41) is 0. The van der Waals surface area contributed by atoms with Crippen molar-refractivity contribution in [2.75, 3.05) is 21.3 Å². The quantitative estimate of drug-likeness (QED) is 0.514. The Morgan fingerprint density at radius 2 is 1.47 bits per heavy atom. The van der Waals surface area contributed by atoms with Crippen LogP contribution in [0.2, 0.25) is 0 Å². The van der Waals surface area contributed by atoms with Gasteiger partial charge in [-0.05, 0) is 11.8 Å². The Kier molecular flexibility index (Phi) is 7.11. The molecule has 0 bridgehead atoms. The van der Waals surface area contributed by atoms with E-state index in [0.29, 0.717) is 0 Å². The Morgan fingerprint density at radius 3 is 1.89 bits per heavy atom. The SMILES string of the molecule is COC(=O)CCC(C(=O)OC)C(C)(C)CC(=O)OC. The summed E-state index contributed by atoms with van der Waals surface area (Å²) >= 11 is 0. The first-order valence-corrected chi connectivity index (χ1v) is 6.00. The maximum absolute atomic E-state index is 11.8. The van der Waals surface area contributed by atoms with Crippen LogP contribution in [-0.2, 0) is 28.6 Å². The van der Waals surface area contributed by atoms with Crippen molar-refractivity contribution in [3.05, 3.63) is 0 Å². The second kappa shape index (κ2) is 7.76. The largest absolute Gasteiger partial charge is 0.469 e. The van der Waals surface area contributed by atoms with Crippen molar-refractivity contribution in [1.82, 2.24) is 0 Å². The first-order valence-electron chi connectivity index (χ1n) is 6.00. The molecule has 0 aromatic carbocycles. The zero-order valence-electron chi connectivity index (χ0n) is 12.1. The average Bonchev–Trinajstić information content (AvgIpc) is 2.37. The van der Waals surface area contributed by atoms with E-state index in [-0.39, 0.29) is 19.3 Å². The molecule has 110 valence electrons. The van der Waals surface area contributed by atoms with Gasteiger partial charge in [-0.25, -0.2) is 0 Å². The van der Waals surface area contributed by atoms with Gasteiger partial charge < -0.3 is 14.2 Å². The monoisotopic (exact) mass is 274 g/mol. The molecule has 0 aliphatic rings. The lowest BCUT2D eigenvalue weighted by atomic mass is 9.74. The molecule has 0 fully saturated rings. The number of hydrogen-bond donors (Lipinski definition) is 0. The van der Waals surface area contributed by atoms with Gasteiger partial charge in [-0.15, -0.1) is 0 Å². The van der Waals surface area contributed by atoms with E-state index in [1.165, 1.54) is 21.3 Å². The van der Waals surface area contributed by atoms with Crippen LogP contribution >= 0.6 is 0 Å². The molecule has 1 unspecified atom stereocenters. The van der Waals surface area contributed by atoms with Gasteiger partial charge in [0.15, 0.2) is 0 Å². The van der Waals surface area contributed by atoms with Crippen LogP contribution in [0.3, 0.4) is 0 Å². The molecule has 0 aliphatic heterocycles. The van der Waals surface area contributed by atoms with E-state index in [9.17, 15) is 14.4 Å². The maximum atomic E-state index is 11.8. The Morgan fingerprint density at radius 1 is 0.947 bits per heavy atom. The molecule has 0 radical (unpaired) electrons. The molecule has 0 rings (SSSR count). The molecular weight excluding hydrogens is 252 g/mol. The van der Waals surface area contributed by atoms with Crippen LogP contribution in [0.1, 0.15) is 33.1 Å². The number of methoxy groups -OCH3 is 3. The smallest absolute Gasteiger partial charge is 0.309 e. The third-order valence-electron chi connectivity index (χ3n) is 3.12. The highest BCUT2D eigenvalue weighted by molar-refractivity contribution is 5.77. The van der Waals surface area contributed by atoms with Crippen LogP contribution < -0.4 is 0 Å². The van der Waals surface area contributed by atoms with Gasteiger partial charge in [0.05, 0.1) is 33.7 Å². The molecule has 0 aromatic heterocycles. The summed E-state index contributed by atoms with van der Waals surface area (Å²) in [4.78, 5) is 34.3. The van der Waals surface area contributed by atoms with E-state index in [1.807, 2.05) is 0 Å². The molecular formula is C13H22O6. The first kappa shape index (κ1) is 17.4. The Hall–Kier alpha value is -1.59. The summed E-state index contributed by atoms with van der Waals surface area (Å²) in [5.74, 6) is -1.83. The van der Waals surface area contributed by atoms with Crippen LogP contribution in [0.25, 0.3) is 0 Å². The van der Waals surface area contributed by atoms with Crippen molar-refractivity contribution in [2.45, 2.75) is 33.1 Å². The van der Waals surface area contributed by atoms with Crippen molar-refractivity contribution >= 4 is 17.9 Å². The van der Waals surface area contributed by atoms with E-state index < -0.39 is 29.2 Å². The first-order chi connectivity index (χ1) is 8.78. The predicted octanol–water partition coefficient (Wildman–Crippen LogP) is 1.32. The van der Waals surface area contributed by atoms with Crippen LogP contribution in [0.4, 0.5) is 0 Å². The molecule has 0 N–H and O–H groups in total. The number of rotatable bonds is 7. The van der Waals surface area contributed by atoms with Crippen molar-refractivity contribution in [2.24, 2.45) is 11.3 Å². The number of carbonyl (C=O) groups is 3. The van der Waals surface area contributed by atoms with Gasteiger partial charge in [0.2, 0.25) is 0 Å². The predicted molar refractivity (Wildman–Crippen MR) is 67.2 cm³/mol. The highest BCUT2D eigenvalue weighted by atomic mass is 16.5. The number of ether oxygens (including phenoxy) is 3. The summed E-state index contributed by atoms with van der Waals surface area (Å²) < 4.78 is 13.9. The summed E-state index contributed by atoms with van der Waals surface area (Å²) in [6.07, 6.45) is 0.439. The topological polar surface area (TPSA) is 78.9 Å². The van der Waals surface area contributed by atoms with E-state index in [4.69, 9.17) is 4.74 Å². The molecule has 0 amide bonds. The number of esters is 3. The highest BCUT2D eigenvalue weighted by Gasteiger charge is 2.38. The molecule has 6 nitrogen and oxygen atoms in total. The standard InChI is InChI=1S/C13H22O6/c1-13(2,8-11(15)18-4)9(12(16)19-5)6-7-10(14)17-3/h9H,6-8H2,1-5H3. The lowest BCUT2D eigenvalue weighted by molar-refractivity contribution is -0.153. The average molecular weight is 274 g/mol. The molecule has 6 heteroatoms. The van der Waals surface area contributed by atoms with Crippen LogP contribution in [0.15, 0.2) is 0 Å². The van der Waals surface area contributed by atoms with Crippen molar-refractivity contribution < 1.29 is 28.6 Å². The molecule has 0 aromatic rings. The van der Waals surface area contributed by atoms with Crippen LogP contribution in [0, 0.1) is 11.3 Å². The van der Waals surface area contributed by atoms with Crippen LogP contribution in [0.5, 0.6) is 0 Å². The fraction of sp³-hybridized carbons (Fsp3) is 0.769. The lowest BCUT2D eigenvalue weighted by Crippen LogP contribution is -2.34. The molecule has 0 heterocycles. The zero-order chi connectivity index (χ0) is 15.1. The summed E-state index contributed by atoms with van der Waals surface area (Å²) in [7, 11) is 3.86. The Bertz CT molecular complexity index is 334. The van der Waals surface area contributed by atoms with Gasteiger partial charge in [0.1, 0.15) is 0 Å². The normalized spacial score (nSPS) is 12.5. The van der Waals surface area contributed by atoms with Gasteiger partial charge >= 0.3 is 17.9 Å². The highest BCUT2D eigenvalue weighted by Crippen LogP contribution is 2.35. The summed E-state index contributed by atoms with van der Waals surface area (Å²) in [6.45, 7) is 3.53. The minimum atomic E-state index is -0.659. The van der Waals surface area contributed by atoms with Crippen LogP contribution in [-0.4, -0.2) is 39.2 Å². The number of hydrogen-bond acceptors (Lipinski definition) is 6. The third-order valence-corrected chi connectivity index (χ3v) is 3.12. The van der Waals surface area contributed by atoms with Gasteiger partial charge in [-0.1, -0.05) is 13.8 Å². The maximum Gasteiger partial charge on any atom is 0.309 e. The minimum absolute atomic E-state index is 0.0738. The Balaban J connectivity index is 4.86. The summed E-state index contributed by atoms with van der Waals surface area (Å²) in [6, 6.07) is 0. The van der Waals surface area contributed by atoms with E-state index in [0.717, 1.165) is 0 Å². The van der Waals surface area contributed by atoms with Gasteiger partial charge in [0, 0.05) is 6.42 Å². The second-order valence-electron chi connectivity index (χ2n) is 4.93. The van der Waals surface area contributed by atoms with Gasteiger partial charge in [-0.3, -0.25) is 14.4 Å². The molecule has 0 spiro atoms. The minimum Gasteiger partial charge on any atom is -0.469 e.